The summed E-state index contributed by atoms with van der Waals surface area (Å²) >= 11 is 0. The minimum Gasteiger partial charge on any atom is -0.469 e. The number of ether oxygens (including phenoxy) is 1. The lowest BCUT2D eigenvalue weighted by molar-refractivity contribution is -0.384. The van der Waals surface area contributed by atoms with Crippen molar-refractivity contribution < 1.29 is 22.9 Å². The van der Waals surface area contributed by atoms with Gasteiger partial charge in [-0.15, -0.1) is 0 Å². The van der Waals surface area contributed by atoms with Crippen molar-refractivity contribution in [2.24, 2.45) is 0 Å². The normalized spacial score (nSPS) is 17.5. The van der Waals surface area contributed by atoms with Crippen molar-refractivity contribution >= 4 is 27.2 Å². The van der Waals surface area contributed by atoms with E-state index in [0.717, 1.165) is 12.0 Å². The van der Waals surface area contributed by atoms with Crippen LogP contribution in [0.2, 0.25) is 0 Å². The van der Waals surface area contributed by atoms with Gasteiger partial charge in [-0.25, -0.2) is 8.42 Å². The quantitative estimate of drug-likeness (QED) is 0.338. The molecular formula is C20H30N2O6S. The smallest absolute Gasteiger partial charge is 0.306 e. The Bertz CT molecular complexity index is 825. The molecule has 1 unspecified atom stereocenters. The van der Waals surface area contributed by atoms with Crippen LogP contribution in [0.25, 0.3) is 0 Å². The van der Waals surface area contributed by atoms with Gasteiger partial charge in [0.15, 0.2) is 0 Å². The third kappa shape index (κ3) is 5.91. The largest absolute Gasteiger partial charge is 0.469 e. The summed E-state index contributed by atoms with van der Waals surface area (Å²) in [6.45, 7) is 4.54. The Morgan fingerprint density at radius 1 is 1.31 bits per heavy atom. The number of esters is 1. The van der Waals surface area contributed by atoms with Crippen molar-refractivity contribution in [2.75, 3.05) is 30.1 Å². The van der Waals surface area contributed by atoms with E-state index in [2.05, 4.69) is 0 Å². The van der Waals surface area contributed by atoms with Crippen LogP contribution in [0.5, 0.6) is 0 Å². The highest BCUT2D eigenvalue weighted by Crippen LogP contribution is 2.36. The summed E-state index contributed by atoms with van der Waals surface area (Å²) in [7, 11) is -1.69. The molecule has 162 valence electrons. The van der Waals surface area contributed by atoms with Crippen LogP contribution in [0, 0.1) is 10.1 Å². The first-order chi connectivity index (χ1) is 13.7. The van der Waals surface area contributed by atoms with Crippen LogP contribution < -0.4 is 4.90 Å². The monoisotopic (exact) mass is 426 g/mol. The van der Waals surface area contributed by atoms with Gasteiger partial charge in [-0.1, -0.05) is 19.9 Å². The van der Waals surface area contributed by atoms with Crippen LogP contribution >= 0.6 is 0 Å². The number of nitro groups is 1. The zero-order valence-corrected chi connectivity index (χ0v) is 18.1. The highest BCUT2D eigenvalue weighted by atomic mass is 32.2. The molecule has 0 bridgehead atoms. The number of rotatable bonds is 9. The number of anilines is 1. The summed E-state index contributed by atoms with van der Waals surface area (Å²) in [5, 5.41) is 11.8. The first kappa shape index (κ1) is 23.1. The predicted octanol–water partition coefficient (Wildman–Crippen LogP) is 3.45. The summed E-state index contributed by atoms with van der Waals surface area (Å²) < 4.78 is 28.3. The third-order valence-electron chi connectivity index (χ3n) is 5.54. The Balaban J connectivity index is 2.38. The van der Waals surface area contributed by atoms with Crippen molar-refractivity contribution in [3.8, 4) is 0 Å². The molecule has 1 aromatic carbocycles. The Morgan fingerprint density at radius 2 is 1.97 bits per heavy atom. The van der Waals surface area contributed by atoms with E-state index >= 15 is 0 Å². The van der Waals surface area contributed by atoms with Crippen molar-refractivity contribution in [1.82, 2.24) is 0 Å². The van der Waals surface area contributed by atoms with Crippen molar-refractivity contribution in [3.05, 3.63) is 33.9 Å². The van der Waals surface area contributed by atoms with E-state index in [1.165, 1.54) is 7.11 Å². The van der Waals surface area contributed by atoms with Gasteiger partial charge in [0.1, 0.15) is 15.5 Å². The van der Waals surface area contributed by atoms with E-state index < -0.39 is 14.8 Å². The first-order valence-electron chi connectivity index (χ1n) is 10.0. The summed E-state index contributed by atoms with van der Waals surface area (Å²) in [5.74, 6) is -0.282. The van der Waals surface area contributed by atoms with Gasteiger partial charge < -0.3 is 9.64 Å². The molecule has 9 heteroatoms. The lowest BCUT2D eigenvalue weighted by Crippen LogP contribution is -2.42. The molecule has 2 rings (SSSR count). The fraction of sp³-hybridized carbons (Fsp3) is 0.650. The SMILES string of the molecule is CCCN(c1ccc(C(CC)CC(=O)OC)cc1[N+](=O)[O-])C1CCS(=O)(=O)CC1. The molecule has 1 atom stereocenters. The molecule has 0 N–H and O–H groups in total. The van der Waals surface area contributed by atoms with E-state index in [1.807, 2.05) is 24.8 Å². The topological polar surface area (TPSA) is 107 Å². The van der Waals surface area contributed by atoms with Gasteiger partial charge in [-0.2, -0.15) is 0 Å². The lowest BCUT2D eigenvalue weighted by Gasteiger charge is -2.35. The molecule has 0 spiro atoms. The fourth-order valence-electron chi connectivity index (χ4n) is 3.90. The number of nitro benzene ring substituents is 1. The second-order valence-corrected chi connectivity index (χ2v) is 9.77. The van der Waals surface area contributed by atoms with Gasteiger partial charge in [0, 0.05) is 18.7 Å². The van der Waals surface area contributed by atoms with Gasteiger partial charge in [-0.3, -0.25) is 14.9 Å². The van der Waals surface area contributed by atoms with Gasteiger partial charge in [0.05, 0.1) is 30.0 Å². The highest BCUT2D eigenvalue weighted by molar-refractivity contribution is 7.91. The van der Waals surface area contributed by atoms with Crippen molar-refractivity contribution in [1.29, 1.82) is 0 Å². The number of methoxy groups -OCH3 is 1. The molecule has 0 amide bonds. The minimum atomic E-state index is -3.01. The summed E-state index contributed by atoms with van der Waals surface area (Å²) in [6.07, 6.45) is 2.57. The number of carbonyl (C=O) groups is 1. The maximum absolute atomic E-state index is 11.8. The molecule has 1 fully saturated rings. The average Bonchev–Trinajstić information content (AvgIpc) is 2.70. The molecule has 1 aromatic rings. The number of hydrogen-bond donors (Lipinski definition) is 0. The number of benzene rings is 1. The van der Waals surface area contributed by atoms with E-state index in [1.54, 1.807) is 12.1 Å². The van der Waals surface area contributed by atoms with Crippen LogP contribution in [-0.2, 0) is 19.4 Å². The van der Waals surface area contributed by atoms with Gasteiger partial charge in [0.2, 0.25) is 0 Å². The van der Waals surface area contributed by atoms with Crippen molar-refractivity contribution in [3.63, 3.8) is 0 Å². The second-order valence-electron chi connectivity index (χ2n) is 7.47. The molecular weight excluding hydrogens is 396 g/mol. The van der Waals surface area contributed by atoms with E-state index in [-0.39, 0.29) is 41.5 Å². The molecule has 1 aliphatic rings. The molecule has 0 radical (unpaired) electrons. The molecule has 1 aliphatic heterocycles. The van der Waals surface area contributed by atoms with E-state index in [4.69, 9.17) is 4.74 Å². The molecule has 1 saturated heterocycles. The summed E-state index contributed by atoms with van der Waals surface area (Å²) in [5.41, 5.74) is 1.24. The Morgan fingerprint density at radius 3 is 2.48 bits per heavy atom. The maximum Gasteiger partial charge on any atom is 0.306 e. The number of carbonyl (C=O) groups excluding carboxylic acids is 1. The van der Waals surface area contributed by atoms with Gasteiger partial charge >= 0.3 is 5.97 Å². The predicted molar refractivity (Wildman–Crippen MR) is 112 cm³/mol. The number of hydrogen-bond acceptors (Lipinski definition) is 7. The fourth-order valence-corrected chi connectivity index (χ4v) is 5.36. The summed E-state index contributed by atoms with van der Waals surface area (Å²) in [6, 6.07) is 5.09. The average molecular weight is 427 g/mol. The zero-order valence-electron chi connectivity index (χ0n) is 17.3. The first-order valence-corrected chi connectivity index (χ1v) is 11.9. The van der Waals surface area contributed by atoms with Crippen LogP contribution in [-0.4, -0.2) is 50.5 Å². The van der Waals surface area contributed by atoms with Crippen LogP contribution in [0.15, 0.2) is 18.2 Å². The van der Waals surface area contributed by atoms with Crippen LogP contribution in [0.4, 0.5) is 11.4 Å². The zero-order chi connectivity index (χ0) is 21.6. The molecule has 8 nitrogen and oxygen atoms in total. The third-order valence-corrected chi connectivity index (χ3v) is 7.26. The Hall–Kier alpha value is -2.16. The van der Waals surface area contributed by atoms with Crippen molar-refractivity contribution in [2.45, 2.75) is 57.9 Å². The standard InChI is InChI=1S/C20H30N2O6S/c1-4-10-21(17-8-11-29(26,27)12-9-17)18-7-6-16(13-19(18)22(24)25)15(5-2)14-20(23)28-3/h6-7,13,15,17H,4-5,8-12,14H2,1-3H3. The highest BCUT2D eigenvalue weighted by Gasteiger charge is 2.31. The molecule has 0 aliphatic carbocycles. The van der Waals surface area contributed by atoms with Gasteiger partial charge in [-0.05, 0) is 43.2 Å². The molecule has 0 aromatic heterocycles. The Labute approximate surface area is 172 Å². The molecule has 29 heavy (non-hydrogen) atoms. The van der Waals surface area contributed by atoms with E-state index in [9.17, 15) is 23.3 Å². The van der Waals surface area contributed by atoms with Crippen LogP contribution in [0.1, 0.15) is 57.4 Å². The summed E-state index contributed by atoms with van der Waals surface area (Å²) in [4.78, 5) is 25.1. The number of sulfone groups is 1. The number of nitrogens with zero attached hydrogens (tertiary/aromatic N) is 2. The lowest BCUT2D eigenvalue weighted by atomic mass is 9.92. The van der Waals surface area contributed by atoms with Crippen LogP contribution in [0.3, 0.4) is 0 Å². The minimum absolute atomic E-state index is 0.00676. The van der Waals surface area contributed by atoms with Gasteiger partial charge in [0.25, 0.3) is 5.69 Å². The Kier molecular flexibility index (Phi) is 8.01. The molecule has 1 heterocycles. The second kappa shape index (κ2) is 10.0. The van der Waals surface area contributed by atoms with E-state index in [0.29, 0.717) is 31.5 Å². The molecule has 0 saturated carbocycles. The maximum atomic E-state index is 11.8.